The highest BCUT2D eigenvalue weighted by Gasteiger charge is 2.32. The number of rotatable bonds is 6. The number of aliphatic hydroxyl groups is 1. The SMILES string of the molecule is CCc1ccccc1-c1cccnc1Oc1ccc(C(F)(F)CO)nc1. The summed E-state index contributed by atoms with van der Waals surface area (Å²) >= 11 is 0. The molecule has 4 nitrogen and oxygen atoms in total. The largest absolute Gasteiger partial charge is 0.437 e. The number of nitrogens with zero attached hydrogens (tertiary/aromatic N) is 2. The summed E-state index contributed by atoms with van der Waals surface area (Å²) in [6, 6.07) is 14.2. The molecule has 134 valence electrons. The lowest BCUT2D eigenvalue weighted by atomic mass is 9.99. The first-order valence-corrected chi connectivity index (χ1v) is 8.21. The lowest BCUT2D eigenvalue weighted by Gasteiger charge is -2.14. The van der Waals surface area contributed by atoms with Crippen molar-refractivity contribution < 1.29 is 18.6 Å². The zero-order valence-electron chi connectivity index (χ0n) is 14.2. The molecule has 0 aliphatic carbocycles. The van der Waals surface area contributed by atoms with Crippen molar-refractivity contribution in [2.75, 3.05) is 6.61 Å². The number of aliphatic hydroxyl groups excluding tert-OH is 1. The van der Waals surface area contributed by atoms with Gasteiger partial charge in [-0.15, -0.1) is 0 Å². The molecule has 26 heavy (non-hydrogen) atoms. The number of aryl methyl sites for hydroxylation is 1. The lowest BCUT2D eigenvalue weighted by molar-refractivity contribution is -0.0592. The van der Waals surface area contributed by atoms with Gasteiger partial charge in [0.25, 0.3) is 0 Å². The summed E-state index contributed by atoms with van der Waals surface area (Å²) < 4.78 is 32.7. The summed E-state index contributed by atoms with van der Waals surface area (Å²) in [6.07, 6.45) is 3.66. The molecule has 0 aliphatic heterocycles. The second kappa shape index (κ2) is 7.58. The van der Waals surface area contributed by atoms with Crippen molar-refractivity contribution in [3.8, 4) is 22.8 Å². The van der Waals surface area contributed by atoms with Gasteiger partial charge in [0.05, 0.1) is 6.20 Å². The molecule has 0 saturated carbocycles. The van der Waals surface area contributed by atoms with Gasteiger partial charge in [-0.25, -0.2) is 4.98 Å². The average Bonchev–Trinajstić information content (AvgIpc) is 2.69. The van der Waals surface area contributed by atoms with E-state index in [0.717, 1.165) is 29.2 Å². The second-order valence-electron chi connectivity index (χ2n) is 5.71. The van der Waals surface area contributed by atoms with Crippen LogP contribution in [0.1, 0.15) is 18.2 Å². The minimum absolute atomic E-state index is 0.288. The third-order valence-corrected chi connectivity index (χ3v) is 3.98. The van der Waals surface area contributed by atoms with Gasteiger partial charge in [0, 0.05) is 11.8 Å². The molecule has 0 radical (unpaired) electrons. The molecule has 0 atom stereocenters. The minimum Gasteiger partial charge on any atom is -0.437 e. The number of halogens is 2. The maximum atomic E-state index is 13.4. The van der Waals surface area contributed by atoms with Gasteiger partial charge in [0.15, 0.2) is 0 Å². The number of hydrogen-bond donors (Lipinski definition) is 1. The van der Waals surface area contributed by atoms with Crippen LogP contribution in [0.2, 0.25) is 0 Å². The van der Waals surface area contributed by atoms with Gasteiger partial charge >= 0.3 is 5.92 Å². The Labute approximate surface area is 150 Å². The third-order valence-electron chi connectivity index (χ3n) is 3.98. The Morgan fingerprint density at radius 3 is 2.46 bits per heavy atom. The van der Waals surface area contributed by atoms with E-state index in [1.165, 1.54) is 12.3 Å². The van der Waals surface area contributed by atoms with Crippen molar-refractivity contribution in [1.29, 1.82) is 0 Å². The smallest absolute Gasteiger partial charge is 0.312 e. The fourth-order valence-corrected chi connectivity index (χ4v) is 2.62. The molecule has 3 rings (SSSR count). The number of hydrogen-bond acceptors (Lipinski definition) is 4. The first kappa shape index (κ1) is 17.9. The van der Waals surface area contributed by atoms with Crippen molar-refractivity contribution in [1.82, 2.24) is 9.97 Å². The van der Waals surface area contributed by atoms with Gasteiger partial charge in [-0.2, -0.15) is 8.78 Å². The molecule has 0 aliphatic rings. The highest BCUT2D eigenvalue weighted by Crippen LogP contribution is 2.34. The van der Waals surface area contributed by atoms with E-state index in [9.17, 15) is 8.78 Å². The Hall–Kier alpha value is -2.86. The van der Waals surface area contributed by atoms with E-state index in [1.807, 2.05) is 36.4 Å². The van der Waals surface area contributed by atoms with Crippen LogP contribution in [0.4, 0.5) is 8.78 Å². The number of ether oxygens (including phenoxy) is 1. The molecular weight excluding hydrogens is 338 g/mol. The highest BCUT2D eigenvalue weighted by atomic mass is 19.3. The molecule has 0 unspecified atom stereocenters. The molecule has 1 aromatic carbocycles. The van der Waals surface area contributed by atoms with Gasteiger partial charge in [0.1, 0.15) is 18.1 Å². The summed E-state index contributed by atoms with van der Waals surface area (Å²) in [4.78, 5) is 7.97. The molecule has 2 heterocycles. The van der Waals surface area contributed by atoms with Crippen LogP contribution in [0.25, 0.3) is 11.1 Å². The zero-order chi connectivity index (χ0) is 18.6. The van der Waals surface area contributed by atoms with E-state index >= 15 is 0 Å². The predicted octanol–water partition coefficient (Wildman–Crippen LogP) is 4.58. The molecular formula is C20H18F2N2O2. The Bertz CT molecular complexity index is 883. The third kappa shape index (κ3) is 3.70. The van der Waals surface area contributed by atoms with E-state index in [0.29, 0.717) is 5.88 Å². The number of pyridine rings is 2. The normalized spacial score (nSPS) is 11.4. The maximum Gasteiger partial charge on any atom is 0.312 e. The van der Waals surface area contributed by atoms with Crippen molar-refractivity contribution in [3.63, 3.8) is 0 Å². The highest BCUT2D eigenvalue weighted by molar-refractivity contribution is 5.72. The van der Waals surface area contributed by atoms with Crippen LogP contribution in [-0.2, 0) is 12.3 Å². The van der Waals surface area contributed by atoms with E-state index in [4.69, 9.17) is 9.84 Å². The minimum atomic E-state index is -3.38. The summed E-state index contributed by atoms with van der Waals surface area (Å²) in [6.45, 7) is 0.776. The van der Waals surface area contributed by atoms with Gasteiger partial charge in [0.2, 0.25) is 5.88 Å². The molecule has 6 heteroatoms. The Balaban J connectivity index is 1.92. The van der Waals surface area contributed by atoms with Crippen molar-refractivity contribution in [3.05, 3.63) is 72.2 Å². The maximum absolute atomic E-state index is 13.4. The van der Waals surface area contributed by atoms with E-state index in [2.05, 4.69) is 16.9 Å². The van der Waals surface area contributed by atoms with Gasteiger partial charge in [-0.05, 0) is 41.8 Å². The fourth-order valence-electron chi connectivity index (χ4n) is 2.62. The topological polar surface area (TPSA) is 55.2 Å². The molecule has 0 fully saturated rings. The van der Waals surface area contributed by atoms with E-state index in [1.54, 1.807) is 6.20 Å². The lowest BCUT2D eigenvalue weighted by Crippen LogP contribution is -2.19. The monoisotopic (exact) mass is 356 g/mol. The van der Waals surface area contributed by atoms with Gasteiger partial charge in [-0.1, -0.05) is 31.2 Å². The molecule has 0 spiro atoms. The van der Waals surface area contributed by atoms with Crippen LogP contribution >= 0.6 is 0 Å². The molecule has 1 N–H and O–H groups in total. The Morgan fingerprint density at radius 1 is 1.00 bits per heavy atom. The van der Waals surface area contributed by atoms with Crippen molar-refractivity contribution in [2.24, 2.45) is 0 Å². The summed E-state index contributed by atoms with van der Waals surface area (Å²) in [5, 5.41) is 8.73. The van der Waals surface area contributed by atoms with E-state index < -0.39 is 18.2 Å². The second-order valence-corrected chi connectivity index (χ2v) is 5.71. The van der Waals surface area contributed by atoms with Crippen molar-refractivity contribution >= 4 is 0 Å². The summed E-state index contributed by atoms with van der Waals surface area (Å²) in [5.41, 5.74) is 2.47. The Kier molecular flexibility index (Phi) is 5.23. The predicted molar refractivity (Wildman–Crippen MR) is 94.3 cm³/mol. The van der Waals surface area contributed by atoms with Crippen LogP contribution < -0.4 is 4.74 Å². The number of aromatic nitrogens is 2. The van der Waals surface area contributed by atoms with Crippen LogP contribution in [0.3, 0.4) is 0 Å². The van der Waals surface area contributed by atoms with Crippen LogP contribution in [0.5, 0.6) is 11.6 Å². The van der Waals surface area contributed by atoms with Gasteiger partial charge < -0.3 is 9.84 Å². The number of alkyl halides is 2. The van der Waals surface area contributed by atoms with Crippen LogP contribution in [-0.4, -0.2) is 21.7 Å². The first-order chi connectivity index (χ1) is 12.5. The quantitative estimate of drug-likeness (QED) is 0.702. The van der Waals surface area contributed by atoms with Crippen LogP contribution in [0.15, 0.2) is 60.9 Å². The number of benzene rings is 1. The molecule has 0 amide bonds. The Morgan fingerprint density at radius 2 is 1.77 bits per heavy atom. The fraction of sp³-hybridized carbons (Fsp3) is 0.200. The van der Waals surface area contributed by atoms with Crippen LogP contribution in [0, 0.1) is 0 Å². The summed E-state index contributed by atoms with van der Waals surface area (Å²) in [5.74, 6) is -2.72. The average molecular weight is 356 g/mol. The van der Waals surface area contributed by atoms with Crippen molar-refractivity contribution in [2.45, 2.75) is 19.3 Å². The zero-order valence-corrected chi connectivity index (χ0v) is 14.2. The van der Waals surface area contributed by atoms with Gasteiger partial charge in [-0.3, -0.25) is 4.98 Å². The standard InChI is InChI=1S/C20H18F2N2O2/c1-2-14-6-3-4-7-16(14)17-8-5-11-23-19(17)26-15-9-10-18(24-12-15)20(21,22)13-25/h3-12,25H,2,13H2,1H3. The molecule has 2 aromatic heterocycles. The van der Waals surface area contributed by atoms with E-state index in [-0.39, 0.29) is 5.75 Å². The molecule has 0 saturated heterocycles. The molecule has 0 bridgehead atoms. The summed E-state index contributed by atoms with van der Waals surface area (Å²) in [7, 11) is 0. The molecule has 3 aromatic rings. The first-order valence-electron chi connectivity index (χ1n) is 8.21.